The van der Waals surface area contributed by atoms with Gasteiger partial charge in [-0.15, -0.1) is 0 Å². The van der Waals surface area contributed by atoms with Gasteiger partial charge < -0.3 is 5.32 Å². The maximum Gasteiger partial charge on any atom is 0.251 e. The molecule has 0 aliphatic carbocycles. The molecule has 2 aromatic carbocycles. The molecule has 3 rings (SSSR count). The van der Waals surface area contributed by atoms with Crippen molar-refractivity contribution in [2.75, 3.05) is 0 Å². The third-order valence-corrected chi connectivity index (χ3v) is 3.77. The highest BCUT2D eigenvalue weighted by atomic mass is 16.1. The Hall–Kier alpha value is -2.69. The van der Waals surface area contributed by atoms with Crippen molar-refractivity contribution >= 4 is 16.9 Å². The van der Waals surface area contributed by atoms with Crippen LogP contribution in [0.2, 0.25) is 0 Å². The highest BCUT2D eigenvalue weighted by Crippen LogP contribution is 2.18. The van der Waals surface area contributed by atoms with Crippen LogP contribution < -0.4 is 5.32 Å². The number of nitrogens with zero attached hydrogens (tertiary/aromatic N) is 2. The number of carbonyl (C=O) groups is 1. The summed E-state index contributed by atoms with van der Waals surface area (Å²) in [5, 5.41) is 13.6. The minimum Gasteiger partial charge on any atom is -0.345 e. The molecule has 3 aromatic rings. The van der Waals surface area contributed by atoms with Crippen LogP contribution in [0.4, 0.5) is 0 Å². The number of rotatable bonds is 4. The fourth-order valence-corrected chi connectivity index (χ4v) is 2.44. The fraction of sp³-hybridized carbons (Fsp3) is 0.235. The van der Waals surface area contributed by atoms with Gasteiger partial charge in [-0.25, -0.2) is 0 Å². The molecule has 5 nitrogen and oxygen atoms in total. The van der Waals surface area contributed by atoms with Crippen LogP contribution >= 0.6 is 0 Å². The van der Waals surface area contributed by atoms with Crippen LogP contribution in [0.3, 0.4) is 0 Å². The van der Waals surface area contributed by atoms with Gasteiger partial charge in [0.25, 0.3) is 5.91 Å². The Bertz CT molecular complexity index is 792. The van der Waals surface area contributed by atoms with E-state index in [2.05, 4.69) is 58.8 Å². The quantitative estimate of drug-likeness (QED) is 0.776. The van der Waals surface area contributed by atoms with Crippen LogP contribution in [0.15, 0.2) is 42.5 Å². The minimum atomic E-state index is -0.0997. The van der Waals surface area contributed by atoms with E-state index in [9.17, 15) is 4.79 Å². The molecular formula is C17H18N4O. The molecule has 1 aromatic heterocycles. The van der Waals surface area contributed by atoms with Crippen LogP contribution in [0.25, 0.3) is 11.0 Å². The molecule has 112 valence electrons. The lowest BCUT2D eigenvalue weighted by atomic mass is 10.0. The van der Waals surface area contributed by atoms with Crippen LogP contribution in [0.1, 0.15) is 40.9 Å². The third kappa shape index (κ3) is 2.83. The number of aryl methyl sites for hydroxylation is 1. The first-order chi connectivity index (χ1) is 10.7. The van der Waals surface area contributed by atoms with Crippen molar-refractivity contribution in [2.45, 2.75) is 26.3 Å². The monoisotopic (exact) mass is 294 g/mol. The number of fused-ring (bicyclic) bond motifs is 1. The molecule has 0 saturated heterocycles. The molecule has 0 spiro atoms. The number of aromatic nitrogens is 3. The summed E-state index contributed by atoms with van der Waals surface area (Å²) in [5.74, 6) is -0.0997. The van der Waals surface area contributed by atoms with Crippen molar-refractivity contribution in [1.29, 1.82) is 0 Å². The van der Waals surface area contributed by atoms with E-state index in [4.69, 9.17) is 0 Å². The van der Waals surface area contributed by atoms with Gasteiger partial charge in [-0.05, 0) is 37.1 Å². The molecule has 1 amide bonds. The zero-order valence-electron chi connectivity index (χ0n) is 12.6. The van der Waals surface area contributed by atoms with E-state index in [0.29, 0.717) is 11.1 Å². The molecule has 0 radical (unpaired) electrons. The molecule has 0 fully saturated rings. The molecular weight excluding hydrogens is 276 g/mol. The van der Waals surface area contributed by atoms with Gasteiger partial charge in [0.15, 0.2) is 0 Å². The maximum atomic E-state index is 12.5. The van der Waals surface area contributed by atoms with E-state index >= 15 is 0 Å². The van der Waals surface area contributed by atoms with Gasteiger partial charge in [0.2, 0.25) is 0 Å². The second kappa shape index (κ2) is 5.97. The lowest BCUT2D eigenvalue weighted by molar-refractivity contribution is 0.0935. The first-order valence-corrected chi connectivity index (χ1v) is 7.35. The molecule has 0 aliphatic heterocycles. The second-order valence-electron chi connectivity index (χ2n) is 5.37. The minimum absolute atomic E-state index is 0.00102. The van der Waals surface area contributed by atoms with Gasteiger partial charge in [0.05, 0.1) is 6.04 Å². The van der Waals surface area contributed by atoms with E-state index in [1.165, 1.54) is 5.56 Å². The van der Waals surface area contributed by atoms with Crippen molar-refractivity contribution < 1.29 is 4.79 Å². The van der Waals surface area contributed by atoms with Crippen LogP contribution in [0, 0.1) is 6.92 Å². The van der Waals surface area contributed by atoms with Crippen molar-refractivity contribution in [2.24, 2.45) is 0 Å². The zero-order chi connectivity index (χ0) is 15.5. The standard InChI is InChI=1S/C17H18N4O/c1-3-14(12-6-4-11(2)5-7-12)18-17(22)13-8-9-15-16(10-13)20-21-19-15/h4-10,14H,3H2,1-2H3,(H,18,22)(H,19,20,21). The van der Waals surface area contributed by atoms with Gasteiger partial charge in [-0.1, -0.05) is 36.8 Å². The number of benzene rings is 2. The molecule has 0 aliphatic rings. The maximum absolute atomic E-state index is 12.5. The van der Waals surface area contributed by atoms with E-state index in [1.807, 2.05) is 0 Å². The van der Waals surface area contributed by atoms with Crippen molar-refractivity contribution in [3.8, 4) is 0 Å². The molecule has 0 bridgehead atoms. The van der Waals surface area contributed by atoms with Gasteiger partial charge in [0, 0.05) is 5.56 Å². The molecule has 0 saturated carbocycles. The Morgan fingerprint density at radius 2 is 1.86 bits per heavy atom. The Labute approximate surface area is 128 Å². The van der Waals surface area contributed by atoms with Crippen LogP contribution in [-0.2, 0) is 0 Å². The summed E-state index contributed by atoms with van der Waals surface area (Å²) in [5.41, 5.74) is 4.36. The number of nitrogens with one attached hydrogen (secondary N) is 2. The largest absolute Gasteiger partial charge is 0.345 e. The predicted molar refractivity (Wildman–Crippen MR) is 85.6 cm³/mol. The number of hydrogen-bond donors (Lipinski definition) is 2. The van der Waals surface area contributed by atoms with E-state index in [0.717, 1.165) is 17.5 Å². The average molecular weight is 294 g/mol. The summed E-state index contributed by atoms with van der Waals surface area (Å²) < 4.78 is 0. The van der Waals surface area contributed by atoms with Gasteiger partial charge in [-0.2, -0.15) is 15.4 Å². The highest BCUT2D eigenvalue weighted by Gasteiger charge is 2.14. The predicted octanol–water partition coefficient (Wildman–Crippen LogP) is 3.15. The normalized spacial score (nSPS) is 12.3. The number of amides is 1. The topological polar surface area (TPSA) is 70.7 Å². The lowest BCUT2D eigenvalue weighted by Gasteiger charge is -2.17. The zero-order valence-corrected chi connectivity index (χ0v) is 12.6. The van der Waals surface area contributed by atoms with Crippen molar-refractivity contribution in [3.63, 3.8) is 0 Å². The molecule has 22 heavy (non-hydrogen) atoms. The summed E-state index contributed by atoms with van der Waals surface area (Å²) in [7, 11) is 0. The Morgan fingerprint density at radius 1 is 1.14 bits per heavy atom. The summed E-state index contributed by atoms with van der Waals surface area (Å²) in [4.78, 5) is 12.5. The highest BCUT2D eigenvalue weighted by molar-refractivity contribution is 5.97. The van der Waals surface area contributed by atoms with Gasteiger partial charge in [-0.3, -0.25) is 4.79 Å². The summed E-state index contributed by atoms with van der Waals surface area (Å²) in [6, 6.07) is 13.5. The average Bonchev–Trinajstić information content (AvgIpc) is 3.01. The van der Waals surface area contributed by atoms with Gasteiger partial charge in [0.1, 0.15) is 11.0 Å². The van der Waals surface area contributed by atoms with Crippen LogP contribution in [0.5, 0.6) is 0 Å². The molecule has 1 unspecified atom stereocenters. The summed E-state index contributed by atoms with van der Waals surface area (Å²) in [6.45, 7) is 4.11. The first-order valence-electron chi connectivity index (χ1n) is 7.35. The Morgan fingerprint density at radius 3 is 2.59 bits per heavy atom. The van der Waals surface area contributed by atoms with Crippen molar-refractivity contribution in [1.82, 2.24) is 20.7 Å². The van der Waals surface area contributed by atoms with E-state index in [1.54, 1.807) is 18.2 Å². The SMILES string of the molecule is CCC(NC(=O)c1ccc2n[nH]nc2c1)c1ccc(C)cc1. The van der Waals surface area contributed by atoms with Crippen molar-refractivity contribution in [3.05, 3.63) is 59.2 Å². The summed E-state index contributed by atoms with van der Waals surface area (Å²) in [6.07, 6.45) is 0.834. The lowest BCUT2D eigenvalue weighted by Crippen LogP contribution is -2.28. The van der Waals surface area contributed by atoms with Crippen LogP contribution in [-0.4, -0.2) is 21.3 Å². The van der Waals surface area contributed by atoms with Gasteiger partial charge >= 0.3 is 0 Å². The molecule has 5 heteroatoms. The first kappa shape index (κ1) is 14.3. The molecule has 1 atom stereocenters. The summed E-state index contributed by atoms with van der Waals surface area (Å²) >= 11 is 0. The third-order valence-electron chi connectivity index (χ3n) is 3.77. The number of aromatic amines is 1. The number of H-pyrrole nitrogens is 1. The molecule has 2 N–H and O–H groups in total. The van der Waals surface area contributed by atoms with E-state index < -0.39 is 0 Å². The second-order valence-corrected chi connectivity index (χ2v) is 5.37. The fourth-order valence-electron chi connectivity index (χ4n) is 2.44. The Balaban J connectivity index is 1.80. The Kier molecular flexibility index (Phi) is 3.87. The number of hydrogen-bond acceptors (Lipinski definition) is 3. The smallest absolute Gasteiger partial charge is 0.251 e. The number of carbonyl (C=O) groups excluding carboxylic acids is 1. The van der Waals surface area contributed by atoms with E-state index in [-0.39, 0.29) is 11.9 Å². The molecule has 1 heterocycles.